The van der Waals surface area contributed by atoms with Gasteiger partial charge in [0.1, 0.15) is 17.5 Å². The summed E-state index contributed by atoms with van der Waals surface area (Å²) >= 11 is 0. The first kappa shape index (κ1) is 29.5. The van der Waals surface area contributed by atoms with Crippen molar-refractivity contribution in [2.45, 2.75) is 70.8 Å². The first-order chi connectivity index (χ1) is 19.9. The van der Waals surface area contributed by atoms with E-state index >= 15 is 0 Å². The van der Waals surface area contributed by atoms with E-state index in [9.17, 15) is 14.7 Å². The van der Waals surface area contributed by atoms with Crippen LogP contribution in [0.2, 0.25) is 0 Å². The molecule has 4 rings (SSSR count). The van der Waals surface area contributed by atoms with Gasteiger partial charge in [0.2, 0.25) is 11.8 Å². The quantitative estimate of drug-likeness (QED) is 0.172. The van der Waals surface area contributed by atoms with Gasteiger partial charge in [-0.3, -0.25) is 14.6 Å². The number of phenolic OH excluding ortho intramolecular Hbond substituents is 1. The maximum absolute atomic E-state index is 12.5. The van der Waals surface area contributed by atoms with E-state index in [0.717, 1.165) is 54.0 Å². The third-order valence-electron chi connectivity index (χ3n) is 7.10. The molecule has 0 aliphatic heterocycles. The number of rotatable bonds is 15. The number of nitrogens with two attached hydrogens (primary N) is 1. The summed E-state index contributed by atoms with van der Waals surface area (Å²) in [5.74, 6) is -0.634. The largest absolute Gasteiger partial charge is 0.508 e. The molecule has 0 aliphatic carbocycles. The van der Waals surface area contributed by atoms with Crippen molar-refractivity contribution in [3.8, 4) is 22.8 Å². The molecule has 1 atom stereocenters. The minimum atomic E-state index is -0.792. The molecule has 4 N–H and O–H groups in total. The van der Waals surface area contributed by atoms with E-state index in [1.54, 1.807) is 30.5 Å². The zero-order valence-electron chi connectivity index (χ0n) is 23.6. The lowest BCUT2D eigenvalue weighted by molar-refractivity contribution is -0.127. The highest BCUT2D eigenvalue weighted by Crippen LogP contribution is 2.22. The van der Waals surface area contributed by atoms with Crippen LogP contribution in [0, 0.1) is 0 Å². The van der Waals surface area contributed by atoms with Crippen molar-refractivity contribution in [1.29, 1.82) is 0 Å². The molecule has 0 bridgehead atoms. The maximum atomic E-state index is 12.5. The smallest absolute Gasteiger partial charge is 0.240 e. The van der Waals surface area contributed by atoms with E-state index in [0.29, 0.717) is 12.8 Å². The van der Waals surface area contributed by atoms with Gasteiger partial charge in [0.15, 0.2) is 0 Å². The molecular formula is C33H39N5O3. The third-order valence-corrected chi connectivity index (χ3v) is 7.10. The highest BCUT2D eigenvalue weighted by Gasteiger charge is 2.18. The Morgan fingerprint density at radius 1 is 0.902 bits per heavy atom. The summed E-state index contributed by atoms with van der Waals surface area (Å²) in [5.41, 5.74) is 11.4. The third kappa shape index (κ3) is 8.76. The average Bonchev–Trinajstić information content (AvgIpc) is 3.41. The number of benzene rings is 2. The SMILES string of the molecule is CCCCc1ccc(-n2nc(-c3ccccn3)cc2CCCCCC(=O)N[C@@H](Cc2ccc(O)cc2)C(N)=O)cc1. The number of aromatic nitrogens is 3. The van der Waals surface area contributed by atoms with Crippen LogP contribution < -0.4 is 11.1 Å². The molecule has 0 radical (unpaired) electrons. The van der Waals surface area contributed by atoms with Crippen molar-refractivity contribution in [2.24, 2.45) is 5.73 Å². The van der Waals surface area contributed by atoms with Crippen LogP contribution in [0.5, 0.6) is 5.75 Å². The van der Waals surface area contributed by atoms with Gasteiger partial charge in [0.25, 0.3) is 0 Å². The van der Waals surface area contributed by atoms with Gasteiger partial charge >= 0.3 is 0 Å². The second-order valence-corrected chi connectivity index (χ2v) is 10.4. The summed E-state index contributed by atoms with van der Waals surface area (Å²) in [5, 5.41) is 17.1. The van der Waals surface area contributed by atoms with E-state index in [-0.39, 0.29) is 18.1 Å². The molecule has 2 amide bonds. The number of amides is 2. The number of aryl methyl sites for hydroxylation is 2. The standard InChI is InChI=1S/C33H39N5O3/c1-2-3-9-24-13-17-26(18-14-24)38-27(23-30(37-38)29-11-7-8-21-35-29)10-5-4-6-12-32(40)36-31(33(34)41)22-25-15-19-28(39)20-16-25/h7-8,11,13-21,23,31,39H,2-6,9-10,12,22H2,1H3,(H2,34,41)(H,36,40)/t31-/m0/s1. The molecule has 0 saturated heterocycles. The van der Waals surface area contributed by atoms with Crippen molar-refractivity contribution in [1.82, 2.24) is 20.1 Å². The average molecular weight is 554 g/mol. The summed E-state index contributed by atoms with van der Waals surface area (Å²) in [6.07, 6.45) is 9.05. The Kier molecular flexibility index (Phi) is 10.7. The number of pyridine rings is 1. The van der Waals surface area contributed by atoms with Crippen molar-refractivity contribution >= 4 is 11.8 Å². The number of carbonyl (C=O) groups excluding carboxylic acids is 2. The number of primary amides is 1. The Hall–Kier alpha value is -4.46. The lowest BCUT2D eigenvalue weighted by atomic mass is 10.0. The molecule has 0 saturated carbocycles. The van der Waals surface area contributed by atoms with Crippen LogP contribution >= 0.6 is 0 Å². The van der Waals surface area contributed by atoms with Gasteiger partial charge in [-0.25, -0.2) is 4.68 Å². The van der Waals surface area contributed by atoms with Gasteiger partial charge < -0.3 is 16.2 Å². The van der Waals surface area contributed by atoms with E-state index < -0.39 is 11.9 Å². The normalized spacial score (nSPS) is 11.7. The number of phenols is 1. The van der Waals surface area contributed by atoms with Crippen molar-refractivity contribution in [3.05, 3.63) is 95.8 Å². The Bertz CT molecular complexity index is 1400. The second-order valence-electron chi connectivity index (χ2n) is 10.4. The molecule has 2 aromatic heterocycles. The van der Waals surface area contributed by atoms with Gasteiger partial charge in [-0.15, -0.1) is 0 Å². The number of carbonyl (C=O) groups is 2. The molecule has 2 heterocycles. The molecule has 0 fully saturated rings. The predicted octanol–water partition coefficient (Wildman–Crippen LogP) is 5.30. The van der Waals surface area contributed by atoms with Crippen LogP contribution in [0.3, 0.4) is 0 Å². The van der Waals surface area contributed by atoms with E-state index in [1.807, 2.05) is 22.9 Å². The van der Waals surface area contributed by atoms with Crippen LogP contribution in [0.15, 0.2) is 79.0 Å². The number of hydrogen-bond donors (Lipinski definition) is 3. The Labute approximate surface area is 241 Å². The van der Waals surface area contributed by atoms with Gasteiger partial charge in [-0.05, 0) is 85.7 Å². The fourth-order valence-corrected chi connectivity index (χ4v) is 4.77. The lowest BCUT2D eigenvalue weighted by Gasteiger charge is -2.15. The van der Waals surface area contributed by atoms with E-state index in [2.05, 4.69) is 47.6 Å². The number of nitrogens with zero attached hydrogens (tertiary/aromatic N) is 3. The van der Waals surface area contributed by atoms with Crippen LogP contribution in [0.25, 0.3) is 17.1 Å². The summed E-state index contributed by atoms with van der Waals surface area (Å²) in [7, 11) is 0. The number of aromatic hydroxyl groups is 1. The zero-order chi connectivity index (χ0) is 29.0. The minimum absolute atomic E-state index is 0.143. The fourth-order valence-electron chi connectivity index (χ4n) is 4.77. The molecular weight excluding hydrogens is 514 g/mol. The van der Waals surface area contributed by atoms with Crippen molar-refractivity contribution in [2.75, 3.05) is 0 Å². The lowest BCUT2D eigenvalue weighted by Crippen LogP contribution is -2.45. The fraction of sp³-hybridized carbons (Fsp3) is 0.333. The van der Waals surface area contributed by atoms with Crippen LogP contribution in [0.4, 0.5) is 0 Å². The topological polar surface area (TPSA) is 123 Å². The molecule has 2 aromatic carbocycles. The molecule has 8 nitrogen and oxygen atoms in total. The Morgan fingerprint density at radius 2 is 1.66 bits per heavy atom. The van der Waals surface area contributed by atoms with Crippen molar-refractivity contribution < 1.29 is 14.7 Å². The van der Waals surface area contributed by atoms with E-state index in [1.165, 1.54) is 18.4 Å². The number of unbranched alkanes of at least 4 members (excludes halogenated alkanes) is 3. The number of nitrogens with one attached hydrogen (secondary N) is 1. The molecule has 0 unspecified atom stereocenters. The molecule has 0 spiro atoms. The minimum Gasteiger partial charge on any atom is -0.508 e. The molecule has 4 aromatic rings. The van der Waals surface area contributed by atoms with Crippen molar-refractivity contribution in [3.63, 3.8) is 0 Å². The van der Waals surface area contributed by atoms with Crippen LogP contribution in [-0.2, 0) is 28.9 Å². The van der Waals surface area contributed by atoms with Gasteiger partial charge in [0.05, 0.1) is 11.4 Å². The summed E-state index contributed by atoms with van der Waals surface area (Å²) in [4.78, 5) is 28.9. The molecule has 41 heavy (non-hydrogen) atoms. The van der Waals surface area contributed by atoms with E-state index in [4.69, 9.17) is 10.8 Å². The summed E-state index contributed by atoms with van der Waals surface area (Å²) in [6.45, 7) is 2.20. The van der Waals surface area contributed by atoms with Gasteiger partial charge in [-0.2, -0.15) is 5.10 Å². The Morgan fingerprint density at radius 3 is 2.34 bits per heavy atom. The van der Waals surface area contributed by atoms with Gasteiger partial charge in [-0.1, -0.05) is 50.1 Å². The molecule has 8 heteroatoms. The first-order valence-electron chi connectivity index (χ1n) is 14.4. The zero-order valence-corrected chi connectivity index (χ0v) is 23.6. The molecule has 0 aliphatic rings. The second kappa shape index (κ2) is 14.8. The summed E-state index contributed by atoms with van der Waals surface area (Å²) < 4.78 is 2.00. The predicted molar refractivity (Wildman–Crippen MR) is 161 cm³/mol. The first-order valence-corrected chi connectivity index (χ1v) is 14.4. The Balaban J connectivity index is 1.33. The number of hydrogen-bond acceptors (Lipinski definition) is 5. The maximum Gasteiger partial charge on any atom is 0.240 e. The van der Waals surface area contributed by atoms with Crippen LogP contribution in [-0.4, -0.2) is 37.7 Å². The monoisotopic (exact) mass is 553 g/mol. The molecule has 214 valence electrons. The summed E-state index contributed by atoms with van der Waals surface area (Å²) in [6, 6.07) is 22.2. The van der Waals surface area contributed by atoms with Gasteiger partial charge in [0, 0.05) is 24.7 Å². The van der Waals surface area contributed by atoms with Crippen LogP contribution in [0.1, 0.15) is 62.3 Å². The highest BCUT2D eigenvalue weighted by atomic mass is 16.3. The highest BCUT2D eigenvalue weighted by molar-refractivity contribution is 5.86.